The quantitative estimate of drug-likeness (QED) is 0.529. The van der Waals surface area contributed by atoms with Crippen molar-refractivity contribution in [3.63, 3.8) is 0 Å². The molecule has 8 heteroatoms. The Morgan fingerprint density at radius 1 is 1.28 bits per heavy atom. The molecule has 0 aliphatic carbocycles. The normalized spacial score (nSPS) is 11.6. The number of aliphatic hydroxyl groups is 1. The van der Waals surface area contributed by atoms with Gasteiger partial charge in [-0.15, -0.1) is 0 Å². The van der Waals surface area contributed by atoms with Gasteiger partial charge in [0.05, 0.1) is 25.2 Å². The average Bonchev–Trinajstić information content (AvgIpc) is 2.64. The van der Waals surface area contributed by atoms with E-state index in [0.29, 0.717) is 24.4 Å². The summed E-state index contributed by atoms with van der Waals surface area (Å²) in [5.41, 5.74) is 1.04. The molecule has 0 aliphatic heterocycles. The molecule has 8 nitrogen and oxygen atoms in total. The van der Waals surface area contributed by atoms with Crippen LogP contribution in [0.2, 0.25) is 0 Å². The van der Waals surface area contributed by atoms with Gasteiger partial charge in [-0.1, -0.05) is 6.07 Å². The first-order chi connectivity index (χ1) is 12.1. The number of benzene rings is 1. The number of hydrogen-bond donors (Lipinski definition) is 2. The van der Waals surface area contributed by atoms with Crippen LogP contribution in [0.1, 0.15) is 5.69 Å². The highest BCUT2D eigenvalue weighted by molar-refractivity contribution is 5.68. The molecular formula is C17H21N3O5. The number of hydrogen-bond acceptors (Lipinski definition) is 7. The summed E-state index contributed by atoms with van der Waals surface area (Å²) >= 11 is 0. The Morgan fingerprint density at radius 3 is 2.56 bits per heavy atom. The number of nitrogens with zero attached hydrogens (tertiary/aromatic N) is 2. The van der Waals surface area contributed by atoms with Crippen molar-refractivity contribution in [2.24, 2.45) is 5.92 Å². The van der Waals surface area contributed by atoms with Crippen LogP contribution in [0.15, 0.2) is 36.5 Å². The Bertz CT molecular complexity index is 709. The first kappa shape index (κ1) is 18.5. The van der Waals surface area contributed by atoms with Crippen molar-refractivity contribution in [2.75, 3.05) is 32.7 Å². The molecule has 134 valence electrons. The van der Waals surface area contributed by atoms with Crippen molar-refractivity contribution in [3.8, 4) is 11.5 Å². The molecule has 2 aromatic rings. The summed E-state index contributed by atoms with van der Waals surface area (Å²) in [4.78, 5) is 15.0. The van der Waals surface area contributed by atoms with Crippen molar-refractivity contribution in [1.82, 2.24) is 4.98 Å². The summed E-state index contributed by atoms with van der Waals surface area (Å²) in [6.45, 7) is 0.286. The van der Waals surface area contributed by atoms with Gasteiger partial charge in [0.25, 0.3) is 5.69 Å². The van der Waals surface area contributed by atoms with Crippen molar-refractivity contribution < 1.29 is 19.5 Å². The van der Waals surface area contributed by atoms with Gasteiger partial charge in [-0.2, -0.15) is 0 Å². The molecule has 1 heterocycles. The monoisotopic (exact) mass is 347 g/mol. The third kappa shape index (κ3) is 4.80. The van der Waals surface area contributed by atoms with Crippen LogP contribution >= 0.6 is 0 Å². The second-order valence-electron chi connectivity index (χ2n) is 5.44. The minimum atomic E-state index is -0.489. The standard InChI is InChI=1S/C17H21N3O5/c1-24-16-8-14(15(20(22)23)9-17(16)25-2)19-10-12(11-21)7-13-5-3-4-6-18-13/h3-6,8-9,12,19,21H,7,10-11H2,1-2H3. The number of nitro groups is 1. The minimum Gasteiger partial charge on any atom is -0.493 e. The van der Waals surface area contributed by atoms with E-state index in [1.807, 2.05) is 18.2 Å². The van der Waals surface area contributed by atoms with Gasteiger partial charge < -0.3 is 19.9 Å². The molecule has 0 bridgehead atoms. The number of rotatable bonds is 9. The van der Waals surface area contributed by atoms with Gasteiger partial charge in [-0.25, -0.2) is 0 Å². The van der Waals surface area contributed by atoms with Crippen LogP contribution in [0.3, 0.4) is 0 Å². The van der Waals surface area contributed by atoms with Crippen LogP contribution in [0.5, 0.6) is 11.5 Å². The Morgan fingerprint density at radius 2 is 2.00 bits per heavy atom. The van der Waals surface area contributed by atoms with Crippen molar-refractivity contribution in [2.45, 2.75) is 6.42 Å². The summed E-state index contributed by atoms with van der Waals surface area (Å²) in [6, 6.07) is 8.41. The number of aliphatic hydroxyl groups excluding tert-OH is 1. The van der Waals surface area contributed by atoms with Gasteiger partial charge in [0.2, 0.25) is 0 Å². The fourth-order valence-corrected chi connectivity index (χ4v) is 2.43. The van der Waals surface area contributed by atoms with E-state index in [2.05, 4.69) is 10.3 Å². The van der Waals surface area contributed by atoms with Gasteiger partial charge in [0, 0.05) is 37.0 Å². The summed E-state index contributed by atoms with van der Waals surface area (Å²) in [5, 5.41) is 23.9. The summed E-state index contributed by atoms with van der Waals surface area (Å²) < 4.78 is 10.3. The second kappa shape index (κ2) is 8.84. The van der Waals surface area contributed by atoms with Crippen LogP contribution in [-0.4, -0.2) is 42.4 Å². The number of pyridine rings is 1. The van der Waals surface area contributed by atoms with Crippen molar-refractivity contribution in [1.29, 1.82) is 0 Å². The highest BCUT2D eigenvalue weighted by Crippen LogP contribution is 2.37. The fourth-order valence-electron chi connectivity index (χ4n) is 2.43. The maximum absolute atomic E-state index is 11.3. The summed E-state index contributed by atoms with van der Waals surface area (Å²) in [5.74, 6) is 0.537. The molecule has 0 amide bonds. The number of ether oxygens (including phenoxy) is 2. The fraction of sp³-hybridized carbons (Fsp3) is 0.353. The van der Waals surface area contributed by atoms with E-state index in [1.165, 1.54) is 26.4 Å². The van der Waals surface area contributed by atoms with E-state index >= 15 is 0 Å². The number of methoxy groups -OCH3 is 2. The Balaban J connectivity index is 2.16. The van der Waals surface area contributed by atoms with E-state index in [9.17, 15) is 15.2 Å². The Kier molecular flexibility index (Phi) is 6.53. The van der Waals surface area contributed by atoms with E-state index < -0.39 is 4.92 Å². The maximum atomic E-state index is 11.3. The summed E-state index contributed by atoms with van der Waals surface area (Å²) in [6.07, 6.45) is 2.25. The molecule has 0 saturated carbocycles. The van der Waals surface area contributed by atoms with Gasteiger partial charge in [0.1, 0.15) is 5.69 Å². The van der Waals surface area contributed by atoms with Gasteiger partial charge >= 0.3 is 0 Å². The van der Waals surface area contributed by atoms with Crippen LogP contribution in [-0.2, 0) is 6.42 Å². The zero-order chi connectivity index (χ0) is 18.2. The molecule has 0 fully saturated rings. The number of aromatic nitrogens is 1. The van der Waals surface area contributed by atoms with Crippen molar-refractivity contribution >= 4 is 11.4 Å². The topological polar surface area (TPSA) is 107 Å². The van der Waals surface area contributed by atoms with Gasteiger partial charge in [-0.05, 0) is 18.6 Å². The van der Waals surface area contributed by atoms with E-state index in [1.54, 1.807) is 6.20 Å². The molecule has 1 aromatic carbocycles. The average molecular weight is 347 g/mol. The number of nitro benzene ring substituents is 1. The molecule has 2 rings (SSSR count). The van der Waals surface area contributed by atoms with Crippen LogP contribution in [0, 0.1) is 16.0 Å². The van der Waals surface area contributed by atoms with Crippen molar-refractivity contribution in [3.05, 3.63) is 52.3 Å². The number of nitrogens with one attached hydrogen (secondary N) is 1. The minimum absolute atomic E-state index is 0.0648. The molecule has 1 aromatic heterocycles. The lowest BCUT2D eigenvalue weighted by molar-refractivity contribution is -0.384. The first-order valence-electron chi connectivity index (χ1n) is 7.74. The largest absolute Gasteiger partial charge is 0.493 e. The zero-order valence-corrected chi connectivity index (χ0v) is 14.1. The molecule has 0 saturated heterocycles. The smallest absolute Gasteiger partial charge is 0.296 e. The Labute approximate surface area is 145 Å². The molecule has 0 aliphatic rings. The lowest BCUT2D eigenvalue weighted by atomic mass is 10.0. The highest BCUT2D eigenvalue weighted by Gasteiger charge is 2.20. The number of anilines is 1. The third-order valence-electron chi connectivity index (χ3n) is 3.76. The molecule has 1 atom stereocenters. The maximum Gasteiger partial charge on any atom is 0.296 e. The van der Waals surface area contributed by atoms with E-state index in [4.69, 9.17) is 9.47 Å². The second-order valence-corrected chi connectivity index (χ2v) is 5.44. The molecule has 2 N–H and O–H groups in total. The SMILES string of the molecule is COc1cc(NCC(CO)Cc2ccccn2)c([N+](=O)[O-])cc1OC. The highest BCUT2D eigenvalue weighted by atomic mass is 16.6. The third-order valence-corrected chi connectivity index (χ3v) is 3.76. The summed E-state index contributed by atoms with van der Waals surface area (Å²) in [7, 11) is 2.88. The molecule has 1 unspecified atom stereocenters. The van der Waals surface area contributed by atoms with Crippen LogP contribution < -0.4 is 14.8 Å². The lowest BCUT2D eigenvalue weighted by Crippen LogP contribution is -2.21. The molecular weight excluding hydrogens is 326 g/mol. The predicted octanol–water partition coefficient (Wildman–Crippen LogP) is 2.27. The predicted molar refractivity (Wildman–Crippen MR) is 93.2 cm³/mol. The Hall–Kier alpha value is -2.87. The molecule has 25 heavy (non-hydrogen) atoms. The van der Waals surface area contributed by atoms with E-state index in [-0.39, 0.29) is 24.0 Å². The van der Waals surface area contributed by atoms with Crippen LogP contribution in [0.25, 0.3) is 0 Å². The van der Waals surface area contributed by atoms with Gasteiger partial charge in [-0.3, -0.25) is 15.1 Å². The molecule has 0 spiro atoms. The zero-order valence-electron chi connectivity index (χ0n) is 14.1. The van der Waals surface area contributed by atoms with Crippen LogP contribution in [0.4, 0.5) is 11.4 Å². The van der Waals surface area contributed by atoms with E-state index in [0.717, 1.165) is 5.69 Å². The van der Waals surface area contributed by atoms with Gasteiger partial charge in [0.15, 0.2) is 11.5 Å². The first-order valence-corrected chi connectivity index (χ1v) is 7.74. The lowest BCUT2D eigenvalue weighted by Gasteiger charge is -2.17. The molecule has 0 radical (unpaired) electrons.